The number of methoxy groups -OCH3 is 1. The van der Waals surface area contributed by atoms with Crippen LogP contribution in [0.2, 0.25) is 0 Å². The van der Waals surface area contributed by atoms with Gasteiger partial charge in [-0.2, -0.15) is 0 Å². The number of anilines is 2. The van der Waals surface area contributed by atoms with Gasteiger partial charge in [0.15, 0.2) is 5.13 Å². The topological polar surface area (TPSA) is 80.3 Å². The maximum absolute atomic E-state index is 14.3. The molecule has 0 aliphatic heterocycles. The standard InChI is InChI=1S/C21H20FN3O3S/c1-13(26)23-15-6-9-17(18(22)11-15)19-12-29-21(24-19)25-20(27)10-5-14-3-7-16(28-2)8-4-14/h3-4,6-9,11-12H,5,10H2,1-2H3,(H,23,26)(H,24,25,27). The third kappa shape index (κ3) is 5.61. The molecular formula is C21H20FN3O3S. The fraction of sp³-hybridized carbons (Fsp3) is 0.190. The molecule has 2 aromatic carbocycles. The quantitative estimate of drug-likeness (QED) is 0.598. The molecule has 0 atom stereocenters. The lowest BCUT2D eigenvalue weighted by atomic mass is 10.1. The molecule has 0 aliphatic rings. The second-order valence-corrected chi connectivity index (χ2v) is 7.17. The highest BCUT2D eigenvalue weighted by Crippen LogP contribution is 2.28. The fourth-order valence-corrected chi connectivity index (χ4v) is 3.42. The van der Waals surface area contributed by atoms with E-state index in [0.29, 0.717) is 34.9 Å². The summed E-state index contributed by atoms with van der Waals surface area (Å²) in [5.74, 6) is -0.168. The van der Waals surface area contributed by atoms with Gasteiger partial charge in [0.25, 0.3) is 0 Å². The number of halogens is 1. The van der Waals surface area contributed by atoms with Gasteiger partial charge in [0, 0.05) is 30.0 Å². The first-order valence-corrected chi connectivity index (χ1v) is 9.78. The van der Waals surface area contributed by atoms with E-state index in [-0.39, 0.29) is 11.8 Å². The highest BCUT2D eigenvalue weighted by molar-refractivity contribution is 7.14. The van der Waals surface area contributed by atoms with Crippen LogP contribution in [0.25, 0.3) is 11.3 Å². The van der Waals surface area contributed by atoms with E-state index < -0.39 is 5.82 Å². The molecule has 29 heavy (non-hydrogen) atoms. The summed E-state index contributed by atoms with van der Waals surface area (Å²) in [5.41, 5.74) is 2.13. The van der Waals surface area contributed by atoms with Crippen molar-refractivity contribution >= 4 is 34.0 Å². The summed E-state index contributed by atoms with van der Waals surface area (Å²) >= 11 is 1.23. The van der Waals surface area contributed by atoms with Gasteiger partial charge < -0.3 is 15.4 Å². The number of hydrogen-bond acceptors (Lipinski definition) is 5. The van der Waals surface area contributed by atoms with Gasteiger partial charge in [-0.25, -0.2) is 9.37 Å². The Morgan fingerprint density at radius 1 is 1.14 bits per heavy atom. The molecule has 0 saturated carbocycles. The van der Waals surface area contributed by atoms with E-state index in [4.69, 9.17) is 4.74 Å². The summed E-state index contributed by atoms with van der Waals surface area (Å²) in [5, 5.41) is 7.36. The van der Waals surface area contributed by atoms with Gasteiger partial charge in [0.1, 0.15) is 11.6 Å². The van der Waals surface area contributed by atoms with E-state index in [1.807, 2.05) is 24.3 Å². The summed E-state index contributed by atoms with van der Waals surface area (Å²) in [6.45, 7) is 1.36. The lowest BCUT2D eigenvalue weighted by Crippen LogP contribution is -2.12. The molecule has 2 amide bonds. The molecular weight excluding hydrogens is 393 g/mol. The van der Waals surface area contributed by atoms with Crippen molar-refractivity contribution in [1.82, 2.24) is 4.98 Å². The van der Waals surface area contributed by atoms with Crippen LogP contribution < -0.4 is 15.4 Å². The van der Waals surface area contributed by atoms with Crippen LogP contribution in [0.5, 0.6) is 5.75 Å². The molecule has 150 valence electrons. The maximum Gasteiger partial charge on any atom is 0.226 e. The highest BCUT2D eigenvalue weighted by atomic mass is 32.1. The minimum Gasteiger partial charge on any atom is -0.497 e. The van der Waals surface area contributed by atoms with Gasteiger partial charge in [-0.15, -0.1) is 11.3 Å². The van der Waals surface area contributed by atoms with E-state index in [1.54, 1.807) is 24.6 Å². The smallest absolute Gasteiger partial charge is 0.226 e. The van der Waals surface area contributed by atoms with Crippen LogP contribution in [0.4, 0.5) is 15.2 Å². The van der Waals surface area contributed by atoms with Crippen LogP contribution in [0.3, 0.4) is 0 Å². The first-order chi connectivity index (χ1) is 13.9. The summed E-state index contributed by atoms with van der Waals surface area (Å²) in [6.07, 6.45) is 0.897. The van der Waals surface area contributed by atoms with Crippen LogP contribution in [0.1, 0.15) is 18.9 Å². The molecule has 6 nitrogen and oxygen atoms in total. The molecule has 0 unspecified atom stereocenters. The monoisotopic (exact) mass is 413 g/mol. The number of aromatic nitrogens is 1. The minimum absolute atomic E-state index is 0.164. The zero-order valence-electron chi connectivity index (χ0n) is 16.0. The predicted octanol–water partition coefficient (Wildman–Crippen LogP) is 4.49. The Morgan fingerprint density at radius 2 is 1.90 bits per heavy atom. The molecule has 0 fully saturated rings. The normalized spacial score (nSPS) is 10.4. The number of benzene rings is 2. The molecule has 1 heterocycles. The van der Waals surface area contributed by atoms with E-state index in [2.05, 4.69) is 15.6 Å². The first-order valence-electron chi connectivity index (χ1n) is 8.90. The van der Waals surface area contributed by atoms with Crippen molar-refractivity contribution in [3.8, 4) is 17.0 Å². The van der Waals surface area contributed by atoms with Crippen molar-refractivity contribution in [2.45, 2.75) is 19.8 Å². The molecule has 2 N–H and O–H groups in total. The second kappa shape index (κ2) is 9.29. The van der Waals surface area contributed by atoms with Crippen LogP contribution in [-0.2, 0) is 16.0 Å². The zero-order chi connectivity index (χ0) is 20.8. The largest absolute Gasteiger partial charge is 0.497 e. The number of nitrogens with one attached hydrogen (secondary N) is 2. The maximum atomic E-state index is 14.3. The summed E-state index contributed by atoms with van der Waals surface area (Å²) < 4.78 is 19.5. The van der Waals surface area contributed by atoms with Crippen molar-refractivity contribution in [3.05, 3.63) is 59.2 Å². The molecule has 1 aromatic heterocycles. The van der Waals surface area contributed by atoms with Crippen molar-refractivity contribution in [1.29, 1.82) is 0 Å². The predicted molar refractivity (Wildman–Crippen MR) is 112 cm³/mol. The van der Waals surface area contributed by atoms with Crippen LogP contribution in [0, 0.1) is 5.82 Å². The van der Waals surface area contributed by atoms with E-state index in [9.17, 15) is 14.0 Å². The first kappa shape index (κ1) is 20.5. The summed E-state index contributed by atoms with van der Waals surface area (Å²) in [7, 11) is 1.61. The Kier molecular flexibility index (Phi) is 6.56. The fourth-order valence-electron chi connectivity index (χ4n) is 2.69. The number of carbonyl (C=O) groups is 2. The number of carbonyl (C=O) groups excluding carboxylic acids is 2. The van der Waals surface area contributed by atoms with Gasteiger partial charge in [-0.1, -0.05) is 12.1 Å². The van der Waals surface area contributed by atoms with Crippen molar-refractivity contribution in [2.75, 3.05) is 17.7 Å². The molecule has 0 radical (unpaired) electrons. The van der Waals surface area contributed by atoms with E-state index in [0.717, 1.165) is 11.3 Å². The zero-order valence-corrected chi connectivity index (χ0v) is 16.8. The highest BCUT2D eigenvalue weighted by Gasteiger charge is 2.12. The Hall–Kier alpha value is -3.26. The molecule has 0 bridgehead atoms. The van der Waals surface area contributed by atoms with Crippen LogP contribution in [0.15, 0.2) is 47.8 Å². The molecule has 0 aliphatic carbocycles. The number of rotatable bonds is 7. The second-order valence-electron chi connectivity index (χ2n) is 6.31. The van der Waals surface area contributed by atoms with Gasteiger partial charge in [-0.05, 0) is 42.3 Å². The summed E-state index contributed by atoms with van der Waals surface area (Å²) in [6, 6.07) is 11.9. The van der Waals surface area contributed by atoms with Crippen molar-refractivity contribution in [2.24, 2.45) is 0 Å². The number of hydrogen-bond donors (Lipinski definition) is 2. The molecule has 3 aromatic rings. The van der Waals surface area contributed by atoms with Gasteiger partial charge in [0.2, 0.25) is 11.8 Å². The Labute approximate surface area is 171 Å². The lowest BCUT2D eigenvalue weighted by molar-refractivity contribution is -0.116. The van der Waals surface area contributed by atoms with Crippen LogP contribution >= 0.6 is 11.3 Å². The van der Waals surface area contributed by atoms with Gasteiger partial charge in [0.05, 0.1) is 12.8 Å². The average molecular weight is 413 g/mol. The minimum atomic E-state index is -0.501. The third-order valence-electron chi connectivity index (χ3n) is 4.12. The average Bonchev–Trinajstić information content (AvgIpc) is 3.14. The molecule has 8 heteroatoms. The Balaban J connectivity index is 1.59. The molecule has 0 saturated heterocycles. The van der Waals surface area contributed by atoms with Gasteiger partial charge in [-0.3, -0.25) is 9.59 Å². The Morgan fingerprint density at radius 3 is 2.55 bits per heavy atom. The number of amides is 2. The third-order valence-corrected chi connectivity index (χ3v) is 4.87. The number of aryl methyl sites for hydroxylation is 1. The Bertz CT molecular complexity index is 1020. The number of ether oxygens (including phenoxy) is 1. The van der Waals surface area contributed by atoms with Crippen molar-refractivity contribution in [3.63, 3.8) is 0 Å². The van der Waals surface area contributed by atoms with E-state index in [1.165, 1.54) is 24.3 Å². The lowest BCUT2D eigenvalue weighted by Gasteiger charge is -2.05. The molecule has 3 rings (SSSR count). The summed E-state index contributed by atoms with van der Waals surface area (Å²) in [4.78, 5) is 27.5. The number of thiazole rings is 1. The van der Waals surface area contributed by atoms with Crippen LogP contribution in [-0.4, -0.2) is 23.9 Å². The van der Waals surface area contributed by atoms with Gasteiger partial charge >= 0.3 is 0 Å². The van der Waals surface area contributed by atoms with E-state index >= 15 is 0 Å². The van der Waals surface area contributed by atoms with Crippen molar-refractivity contribution < 1.29 is 18.7 Å². The molecule has 0 spiro atoms. The SMILES string of the molecule is COc1ccc(CCC(=O)Nc2nc(-c3ccc(NC(C)=O)cc3F)cs2)cc1. The number of nitrogens with zero attached hydrogens (tertiary/aromatic N) is 1.